The predicted octanol–water partition coefficient (Wildman–Crippen LogP) is 5.46. The quantitative estimate of drug-likeness (QED) is 0.330. The fourth-order valence-corrected chi connectivity index (χ4v) is 5.43. The van der Waals surface area contributed by atoms with E-state index in [0.29, 0.717) is 17.9 Å². The zero-order chi connectivity index (χ0) is 22.7. The van der Waals surface area contributed by atoms with Crippen LogP contribution >= 0.6 is 9.39 Å². The second kappa shape index (κ2) is 7.72. The monoisotopic (exact) mass is 455 g/mol. The molecule has 0 N–H and O–H groups in total. The highest BCUT2D eigenvalue weighted by molar-refractivity contribution is 7.15. The van der Waals surface area contributed by atoms with Gasteiger partial charge in [0.05, 0.1) is 18.3 Å². The average molecular weight is 455 g/mol. The largest absolute Gasteiger partial charge is 0.377 e. The van der Waals surface area contributed by atoms with Gasteiger partial charge in [-0.15, -0.1) is 0 Å². The van der Waals surface area contributed by atoms with Gasteiger partial charge in [0.25, 0.3) is 5.91 Å². The van der Waals surface area contributed by atoms with Gasteiger partial charge in [0, 0.05) is 69.7 Å². The summed E-state index contributed by atoms with van der Waals surface area (Å²) >= 11 is 0. The maximum absolute atomic E-state index is 13.6. The minimum Gasteiger partial charge on any atom is -0.377 e. The van der Waals surface area contributed by atoms with Gasteiger partial charge in [-0.25, -0.2) is 0 Å². The molecule has 0 aliphatic carbocycles. The summed E-state index contributed by atoms with van der Waals surface area (Å²) in [6.45, 7) is 8.67. The standard InChI is InChI=1S/C27H26N3O2P/c1-17-11-12-28-15-21(19-7-3-5-9-23(19)28)25-18(2)30(33)27(31)26(25)22-16-29(13-14-32-17)24-10-6-4-8-20(22)24/h3-10,15-17H,2,11-14,33H2,1H3/t17-/m0/s1. The van der Waals surface area contributed by atoms with Gasteiger partial charge in [-0.3, -0.25) is 9.46 Å². The lowest BCUT2D eigenvalue weighted by Gasteiger charge is -2.15. The van der Waals surface area contributed by atoms with E-state index in [-0.39, 0.29) is 12.0 Å². The first-order valence-electron chi connectivity index (χ1n) is 11.4. The van der Waals surface area contributed by atoms with Gasteiger partial charge in [0.1, 0.15) is 0 Å². The number of allylic oxidation sites excluding steroid dienone is 1. The van der Waals surface area contributed by atoms with E-state index < -0.39 is 0 Å². The van der Waals surface area contributed by atoms with Crippen LogP contribution in [0.15, 0.2) is 73.2 Å². The van der Waals surface area contributed by atoms with Crippen molar-refractivity contribution in [2.75, 3.05) is 6.61 Å². The molecule has 1 unspecified atom stereocenters. The van der Waals surface area contributed by atoms with Gasteiger partial charge in [0.15, 0.2) is 0 Å². The number of hydrogen-bond donors (Lipinski definition) is 0. The number of ether oxygens (including phenoxy) is 1. The molecular weight excluding hydrogens is 429 g/mol. The SMILES string of the molecule is C=C1C2=C(C(=O)N1P)c1cn(c3ccccc13)CCO[C@@H](C)CCn1cc2c2ccccc21. The van der Waals surface area contributed by atoms with Gasteiger partial charge < -0.3 is 13.9 Å². The molecule has 4 heterocycles. The number of carbonyl (C=O) groups excluding carboxylic acids is 1. The normalized spacial score (nSPS) is 19.5. The van der Waals surface area contributed by atoms with Crippen molar-refractivity contribution >= 4 is 48.2 Å². The topological polar surface area (TPSA) is 39.4 Å². The minimum atomic E-state index is -0.0447. The van der Waals surface area contributed by atoms with Crippen LogP contribution in [0.2, 0.25) is 0 Å². The van der Waals surface area contributed by atoms with Crippen LogP contribution in [-0.4, -0.2) is 32.4 Å². The summed E-state index contributed by atoms with van der Waals surface area (Å²) in [5.41, 5.74) is 6.58. The highest BCUT2D eigenvalue weighted by atomic mass is 31.0. The molecule has 2 aromatic carbocycles. The van der Waals surface area contributed by atoms with Crippen molar-refractivity contribution < 1.29 is 9.53 Å². The Kier molecular flexibility index (Phi) is 4.79. The van der Waals surface area contributed by atoms with E-state index in [9.17, 15) is 4.79 Å². The predicted molar refractivity (Wildman–Crippen MR) is 136 cm³/mol. The van der Waals surface area contributed by atoms with Crippen LogP contribution in [0.1, 0.15) is 24.5 Å². The molecule has 2 aliphatic rings. The highest BCUT2D eigenvalue weighted by Gasteiger charge is 2.36. The molecule has 33 heavy (non-hydrogen) atoms. The molecule has 4 aromatic rings. The number of para-hydroxylation sites is 2. The van der Waals surface area contributed by atoms with Crippen molar-refractivity contribution in [3.8, 4) is 0 Å². The van der Waals surface area contributed by atoms with Crippen LogP contribution in [0, 0.1) is 0 Å². The van der Waals surface area contributed by atoms with E-state index in [0.717, 1.165) is 58.0 Å². The Bertz CT molecular complexity index is 1480. The highest BCUT2D eigenvalue weighted by Crippen LogP contribution is 2.46. The third-order valence-electron chi connectivity index (χ3n) is 6.89. The summed E-state index contributed by atoms with van der Waals surface area (Å²) in [6, 6.07) is 16.7. The molecule has 0 saturated carbocycles. The number of fused-ring (bicyclic) bond motifs is 12. The summed E-state index contributed by atoms with van der Waals surface area (Å²) in [7, 11) is 2.55. The van der Waals surface area contributed by atoms with Crippen molar-refractivity contribution in [2.45, 2.75) is 32.5 Å². The first-order chi connectivity index (χ1) is 16.0. The Balaban J connectivity index is 1.71. The summed E-state index contributed by atoms with van der Waals surface area (Å²) in [6.07, 6.45) is 5.35. The van der Waals surface area contributed by atoms with Crippen molar-refractivity contribution in [3.05, 3.63) is 84.3 Å². The van der Waals surface area contributed by atoms with E-state index >= 15 is 0 Å². The lowest BCUT2D eigenvalue weighted by Crippen LogP contribution is -2.15. The molecule has 6 heteroatoms. The zero-order valence-electron chi connectivity index (χ0n) is 18.6. The van der Waals surface area contributed by atoms with Crippen molar-refractivity contribution in [3.63, 3.8) is 0 Å². The number of amides is 1. The van der Waals surface area contributed by atoms with Gasteiger partial charge >= 0.3 is 0 Å². The number of aromatic nitrogens is 2. The second-order valence-corrected chi connectivity index (χ2v) is 9.36. The lowest BCUT2D eigenvalue weighted by atomic mass is 9.95. The fraction of sp³-hybridized carbons (Fsp3) is 0.222. The first-order valence-corrected chi connectivity index (χ1v) is 11.9. The molecule has 0 radical (unpaired) electrons. The number of nitrogens with zero attached hydrogens (tertiary/aromatic N) is 3. The van der Waals surface area contributed by atoms with E-state index in [1.807, 2.05) is 12.1 Å². The molecule has 2 aliphatic heterocycles. The molecule has 0 fully saturated rings. The van der Waals surface area contributed by atoms with Gasteiger partial charge in [-0.05, 0) is 34.9 Å². The molecule has 0 saturated heterocycles. The molecule has 2 aromatic heterocycles. The number of rotatable bonds is 0. The number of aryl methyl sites for hydroxylation is 1. The van der Waals surface area contributed by atoms with E-state index in [1.54, 1.807) is 4.67 Å². The van der Waals surface area contributed by atoms with Crippen molar-refractivity contribution in [2.24, 2.45) is 0 Å². The van der Waals surface area contributed by atoms with Crippen LogP contribution in [0.3, 0.4) is 0 Å². The smallest absolute Gasteiger partial charge is 0.262 e. The van der Waals surface area contributed by atoms with Crippen LogP contribution in [0.4, 0.5) is 0 Å². The Labute approximate surface area is 195 Å². The third-order valence-corrected chi connectivity index (χ3v) is 7.44. The maximum atomic E-state index is 13.6. The first kappa shape index (κ1) is 20.5. The summed E-state index contributed by atoms with van der Waals surface area (Å²) in [4.78, 5) is 13.6. The van der Waals surface area contributed by atoms with Crippen molar-refractivity contribution in [1.82, 2.24) is 13.8 Å². The summed E-state index contributed by atoms with van der Waals surface area (Å²) in [5, 5.41) is 2.20. The Morgan fingerprint density at radius 2 is 1.48 bits per heavy atom. The lowest BCUT2D eigenvalue weighted by molar-refractivity contribution is -0.118. The molecule has 5 nitrogen and oxygen atoms in total. The van der Waals surface area contributed by atoms with Crippen LogP contribution in [0.25, 0.3) is 33.0 Å². The third kappa shape index (κ3) is 3.11. The van der Waals surface area contributed by atoms with Crippen molar-refractivity contribution in [1.29, 1.82) is 0 Å². The zero-order valence-corrected chi connectivity index (χ0v) is 19.8. The molecule has 6 rings (SSSR count). The number of carbonyl (C=O) groups is 1. The Hall–Kier alpha value is -3.14. The van der Waals surface area contributed by atoms with E-state index in [2.05, 4.69) is 80.8 Å². The fourth-order valence-electron chi connectivity index (χ4n) is 5.17. The molecule has 166 valence electrons. The summed E-state index contributed by atoms with van der Waals surface area (Å²) in [5.74, 6) is -0.0447. The Morgan fingerprint density at radius 3 is 2.15 bits per heavy atom. The van der Waals surface area contributed by atoms with Gasteiger partial charge in [-0.2, -0.15) is 0 Å². The van der Waals surface area contributed by atoms with Gasteiger partial charge in [0.2, 0.25) is 0 Å². The average Bonchev–Trinajstić information content (AvgIpc) is 3.44. The number of hydrogen-bond acceptors (Lipinski definition) is 2. The van der Waals surface area contributed by atoms with E-state index in [4.69, 9.17) is 4.74 Å². The van der Waals surface area contributed by atoms with E-state index in [1.165, 1.54) is 0 Å². The second-order valence-electron chi connectivity index (χ2n) is 8.85. The van der Waals surface area contributed by atoms with Crippen LogP contribution in [0.5, 0.6) is 0 Å². The number of benzene rings is 2. The van der Waals surface area contributed by atoms with Gasteiger partial charge in [-0.1, -0.05) is 43.0 Å². The molecular formula is C27H26N3O2P. The molecule has 0 spiro atoms. The minimum absolute atomic E-state index is 0.0447. The van der Waals surface area contributed by atoms with Crippen LogP contribution in [-0.2, 0) is 22.6 Å². The Morgan fingerprint density at radius 1 is 0.909 bits per heavy atom. The summed E-state index contributed by atoms with van der Waals surface area (Å²) < 4.78 is 12.3. The molecule has 4 bridgehead atoms. The molecule has 1 amide bonds. The molecule has 2 atom stereocenters. The van der Waals surface area contributed by atoms with Crippen LogP contribution < -0.4 is 0 Å². The maximum Gasteiger partial charge on any atom is 0.262 e.